The fraction of sp³-hybridized carbons (Fsp3) is 0.471. The first-order chi connectivity index (χ1) is 11.4. The molecule has 2 N–H and O–H groups in total. The predicted octanol–water partition coefficient (Wildman–Crippen LogP) is 1.12. The Balaban J connectivity index is 2.02. The number of amides is 2. The third kappa shape index (κ3) is 4.47. The molecule has 7 nitrogen and oxygen atoms in total. The summed E-state index contributed by atoms with van der Waals surface area (Å²) >= 11 is 0. The molecule has 0 bridgehead atoms. The largest absolute Gasteiger partial charge is 0.492 e. The van der Waals surface area contributed by atoms with Crippen LogP contribution in [0.2, 0.25) is 0 Å². The fourth-order valence-electron chi connectivity index (χ4n) is 2.30. The summed E-state index contributed by atoms with van der Waals surface area (Å²) < 4.78 is 10.1. The molecule has 7 heteroatoms. The number of fused-ring (bicyclic) bond motifs is 1. The minimum absolute atomic E-state index is 0.0703. The molecule has 1 atom stereocenters. The minimum atomic E-state index is -0.501. The van der Waals surface area contributed by atoms with Gasteiger partial charge in [-0.05, 0) is 30.2 Å². The van der Waals surface area contributed by atoms with Crippen LogP contribution in [0.4, 0.5) is 5.69 Å². The average Bonchev–Trinajstić information content (AvgIpc) is 2.58. The number of benzene rings is 1. The number of esters is 1. The number of hydrogen-bond acceptors (Lipinski definition) is 5. The first-order valence-electron chi connectivity index (χ1n) is 7.81. The monoisotopic (exact) mass is 334 g/mol. The Bertz CT molecular complexity index is 642. The van der Waals surface area contributed by atoms with E-state index in [2.05, 4.69) is 15.4 Å². The molecule has 1 aromatic carbocycles. The number of methoxy groups -OCH3 is 1. The second-order valence-corrected chi connectivity index (χ2v) is 5.97. The molecule has 0 aromatic heterocycles. The van der Waals surface area contributed by atoms with Gasteiger partial charge in [-0.2, -0.15) is 0 Å². The number of ether oxygens (including phenoxy) is 2. The van der Waals surface area contributed by atoms with Gasteiger partial charge in [-0.3, -0.25) is 14.4 Å². The van der Waals surface area contributed by atoms with E-state index >= 15 is 0 Å². The summed E-state index contributed by atoms with van der Waals surface area (Å²) in [6.07, 6.45) is 0.480. The molecular weight excluding hydrogens is 312 g/mol. The average molecular weight is 334 g/mol. The molecule has 130 valence electrons. The van der Waals surface area contributed by atoms with Gasteiger partial charge >= 0.3 is 5.97 Å². The Morgan fingerprint density at radius 3 is 2.75 bits per heavy atom. The third-order valence-corrected chi connectivity index (χ3v) is 3.76. The van der Waals surface area contributed by atoms with Crippen LogP contribution in [0.5, 0.6) is 5.75 Å². The molecule has 2 amide bonds. The van der Waals surface area contributed by atoms with Crippen molar-refractivity contribution in [3.63, 3.8) is 0 Å². The second kappa shape index (κ2) is 7.81. The van der Waals surface area contributed by atoms with Crippen LogP contribution < -0.4 is 15.4 Å². The van der Waals surface area contributed by atoms with Gasteiger partial charge in [0.2, 0.25) is 11.8 Å². The second-order valence-electron chi connectivity index (χ2n) is 5.97. The molecule has 0 aliphatic carbocycles. The summed E-state index contributed by atoms with van der Waals surface area (Å²) in [5.41, 5.74) is 1.52. The summed E-state index contributed by atoms with van der Waals surface area (Å²) in [4.78, 5) is 35.0. The van der Waals surface area contributed by atoms with Crippen molar-refractivity contribution in [1.29, 1.82) is 0 Å². The zero-order valence-electron chi connectivity index (χ0n) is 14.0. The molecule has 0 spiro atoms. The lowest BCUT2D eigenvalue weighted by Crippen LogP contribution is -2.39. The van der Waals surface area contributed by atoms with Gasteiger partial charge in [0, 0.05) is 11.6 Å². The van der Waals surface area contributed by atoms with Gasteiger partial charge in [0.1, 0.15) is 18.9 Å². The molecule has 1 heterocycles. The summed E-state index contributed by atoms with van der Waals surface area (Å²) in [6, 6.07) is 5.37. The van der Waals surface area contributed by atoms with Crippen molar-refractivity contribution in [2.45, 2.75) is 20.3 Å². The van der Waals surface area contributed by atoms with E-state index in [4.69, 9.17) is 4.74 Å². The molecule has 1 aromatic rings. The highest BCUT2D eigenvalue weighted by Crippen LogP contribution is 2.30. The quantitative estimate of drug-likeness (QED) is 0.787. The van der Waals surface area contributed by atoms with Crippen LogP contribution in [0.1, 0.15) is 19.4 Å². The van der Waals surface area contributed by atoms with E-state index < -0.39 is 11.9 Å². The SMILES string of the molecule is COC(=O)CNC(=O)[C@@H]1COc2ccc(NC(=O)C(C)C)cc2C1. The number of anilines is 1. The highest BCUT2D eigenvalue weighted by Gasteiger charge is 2.26. The minimum Gasteiger partial charge on any atom is -0.492 e. The molecule has 0 radical (unpaired) electrons. The summed E-state index contributed by atoms with van der Waals surface area (Å²) in [6.45, 7) is 3.72. The van der Waals surface area contributed by atoms with Crippen LogP contribution in [0.25, 0.3) is 0 Å². The van der Waals surface area contributed by atoms with Crippen molar-refractivity contribution < 1.29 is 23.9 Å². The molecule has 0 saturated heterocycles. The van der Waals surface area contributed by atoms with Crippen LogP contribution >= 0.6 is 0 Å². The lowest BCUT2D eigenvalue weighted by Gasteiger charge is -2.25. The lowest BCUT2D eigenvalue weighted by atomic mass is 9.95. The van der Waals surface area contributed by atoms with Crippen molar-refractivity contribution in [3.8, 4) is 5.75 Å². The van der Waals surface area contributed by atoms with E-state index in [1.54, 1.807) is 12.1 Å². The van der Waals surface area contributed by atoms with E-state index in [9.17, 15) is 14.4 Å². The van der Waals surface area contributed by atoms with Crippen LogP contribution in [0.15, 0.2) is 18.2 Å². The van der Waals surface area contributed by atoms with Crippen molar-refractivity contribution in [2.24, 2.45) is 11.8 Å². The van der Waals surface area contributed by atoms with Gasteiger partial charge in [-0.1, -0.05) is 13.8 Å². The van der Waals surface area contributed by atoms with Crippen molar-refractivity contribution in [1.82, 2.24) is 5.32 Å². The van der Waals surface area contributed by atoms with Crippen molar-refractivity contribution in [3.05, 3.63) is 23.8 Å². The summed E-state index contributed by atoms with van der Waals surface area (Å²) in [5.74, 6) is -0.636. The van der Waals surface area contributed by atoms with Gasteiger partial charge in [-0.25, -0.2) is 0 Å². The lowest BCUT2D eigenvalue weighted by molar-refractivity contribution is -0.141. The zero-order valence-corrected chi connectivity index (χ0v) is 14.0. The van der Waals surface area contributed by atoms with E-state index in [1.807, 2.05) is 19.9 Å². The smallest absolute Gasteiger partial charge is 0.325 e. The molecule has 1 aliphatic rings. The Morgan fingerprint density at radius 1 is 1.33 bits per heavy atom. The molecule has 0 saturated carbocycles. The Hall–Kier alpha value is -2.57. The van der Waals surface area contributed by atoms with Gasteiger partial charge in [0.15, 0.2) is 0 Å². The van der Waals surface area contributed by atoms with Crippen LogP contribution in [0, 0.1) is 11.8 Å². The number of nitrogens with one attached hydrogen (secondary N) is 2. The first-order valence-corrected chi connectivity index (χ1v) is 7.81. The number of carbonyl (C=O) groups excluding carboxylic acids is 3. The zero-order chi connectivity index (χ0) is 17.7. The van der Waals surface area contributed by atoms with Gasteiger partial charge < -0.3 is 20.1 Å². The van der Waals surface area contributed by atoms with E-state index in [0.29, 0.717) is 17.9 Å². The van der Waals surface area contributed by atoms with E-state index in [1.165, 1.54) is 7.11 Å². The molecule has 2 rings (SSSR count). The normalized spacial score (nSPS) is 15.9. The van der Waals surface area contributed by atoms with Crippen LogP contribution in [-0.2, 0) is 25.5 Å². The molecule has 1 aliphatic heterocycles. The first kappa shape index (κ1) is 17.8. The van der Waals surface area contributed by atoms with Gasteiger partial charge in [-0.15, -0.1) is 0 Å². The highest BCUT2D eigenvalue weighted by molar-refractivity contribution is 5.92. The maximum Gasteiger partial charge on any atom is 0.325 e. The Kier molecular flexibility index (Phi) is 5.78. The van der Waals surface area contributed by atoms with Crippen LogP contribution in [0.3, 0.4) is 0 Å². The predicted molar refractivity (Wildman–Crippen MR) is 87.6 cm³/mol. The maximum absolute atomic E-state index is 12.1. The van der Waals surface area contributed by atoms with Crippen molar-refractivity contribution in [2.75, 3.05) is 25.6 Å². The van der Waals surface area contributed by atoms with Crippen molar-refractivity contribution >= 4 is 23.5 Å². The number of rotatable bonds is 5. The standard InChI is InChI=1S/C17H22N2O5/c1-10(2)16(21)19-13-4-5-14-11(7-13)6-12(9-24-14)17(22)18-8-15(20)23-3/h4-5,7,10,12H,6,8-9H2,1-3H3,(H,18,22)(H,19,21)/t12-/m0/s1. The Labute approximate surface area is 140 Å². The third-order valence-electron chi connectivity index (χ3n) is 3.76. The van der Waals surface area contributed by atoms with E-state index in [-0.39, 0.29) is 30.9 Å². The molecule has 24 heavy (non-hydrogen) atoms. The van der Waals surface area contributed by atoms with Gasteiger partial charge in [0.05, 0.1) is 13.0 Å². The van der Waals surface area contributed by atoms with E-state index in [0.717, 1.165) is 5.56 Å². The number of hydrogen-bond donors (Lipinski definition) is 2. The summed E-state index contributed by atoms with van der Waals surface area (Å²) in [5, 5.41) is 5.36. The molecular formula is C17H22N2O5. The molecule has 0 fully saturated rings. The van der Waals surface area contributed by atoms with Gasteiger partial charge in [0.25, 0.3) is 0 Å². The number of carbonyl (C=O) groups is 3. The topological polar surface area (TPSA) is 93.7 Å². The molecule has 0 unspecified atom stereocenters. The highest BCUT2D eigenvalue weighted by atomic mass is 16.5. The Morgan fingerprint density at radius 2 is 2.08 bits per heavy atom. The maximum atomic E-state index is 12.1. The van der Waals surface area contributed by atoms with Crippen LogP contribution in [-0.4, -0.2) is 38.0 Å². The fourth-order valence-corrected chi connectivity index (χ4v) is 2.30. The summed E-state index contributed by atoms with van der Waals surface area (Å²) in [7, 11) is 1.27.